The standard InChI is InChI=1S/C7H6O3.Y/c8-6-3-1-2-5(4-6)7(9)10;/h1-4,8H,(H,9,10);. The van der Waals surface area contributed by atoms with E-state index in [2.05, 4.69) is 0 Å². The minimum atomic E-state index is -1.03. The van der Waals surface area contributed by atoms with Crippen LogP contribution in [-0.2, 0) is 32.7 Å². The van der Waals surface area contributed by atoms with E-state index < -0.39 is 5.97 Å². The van der Waals surface area contributed by atoms with Gasteiger partial charge in [0.2, 0.25) is 0 Å². The number of hydrogen-bond donors (Lipinski definition) is 2. The van der Waals surface area contributed by atoms with Crippen molar-refractivity contribution in [3.63, 3.8) is 0 Å². The van der Waals surface area contributed by atoms with Crippen LogP contribution in [0, 0.1) is 0 Å². The molecule has 0 aromatic heterocycles. The minimum absolute atomic E-state index is 0. The molecular formula is C7H6O3Y. The van der Waals surface area contributed by atoms with Crippen LogP contribution < -0.4 is 0 Å². The number of rotatable bonds is 1. The summed E-state index contributed by atoms with van der Waals surface area (Å²) in [5.41, 5.74) is 0.0972. The van der Waals surface area contributed by atoms with Crippen molar-refractivity contribution in [1.82, 2.24) is 0 Å². The van der Waals surface area contributed by atoms with Gasteiger partial charge in [-0.15, -0.1) is 0 Å². The van der Waals surface area contributed by atoms with E-state index in [0.29, 0.717) is 0 Å². The monoisotopic (exact) mass is 227 g/mol. The Morgan fingerprint density at radius 3 is 2.36 bits per heavy atom. The van der Waals surface area contributed by atoms with Crippen LogP contribution in [0.15, 0.2) is 24.3 Å². The van der Waals surface area contributed by atoms with Crippen molar-refractivity contribution < 1.29 is 47.7 Å². The topological polar surface area (TPSA) is 57.5 Å². The van der Waals surface area contributed by atoms with Gasteiger partial charge in [-0.05, 0) is 18.2 Å². The Hall–Kier alpha value is -0.406. The zero-order valence-corrected chi connectivity index (χ0v) is 8.53. The van der Waals surface area contributed by atoms with Gasteiger partial charge >= 0.3 is 5.97 Å². The van der Waals surface area contributed by atoms with Gasteiger partial charge in [0.15, 0.2) is 0 Å². The molecule has 55 valence electrons. The van der Waals surface area contributed by atoms with Crippen molar-refractivity contribution >= 4 is 5.97 Å². The van der Waals surface area contributed by atoms with E-state index in [1.54, 1.807) is 0 Å². The largest absolute Gasteiger partial charge is 0.508 e. The number of aromatic hydroxyl groups is 1. The summed E-state index contributed by atoms with van der Waals surface area (Å²) in [5, 5.41) is 17.2. The van der Waals surface area contributed by atoms with Gasteiger partial charge in [-0.2, -0.15) is 0 Å². The number of carbonyl (C=O) groups is 1. The number of benzene rings is 1. The normalized spacial score (nSPS) is 8.36. The van der Waals surface area contributed by atoms with E-state index in [4.69, 9.17) is 10.2 Å². The third kappa shape index (κ3) is 2.99. The molecule has 0 saturated heterocycles. The van der Waals surface area contributed by atoms with Gasteiger partial charge in [0, 0.05) is 32.7 Å². The first-order chi connectivity index (χ1) is 4.70. The van der Waals surface area contributed by atoms with Crippen LogP contribution in [0.5, 0.6) is 5.75 Å². The maximum Gasteiger partial charge on any atom is 0.335 e. The molecule has 0 aliphatic heterocycles. The SMILES string of the molecule is O=C(O)c1cccc(O)c1.[Y]. The predicted molar refractivity (Wildman–Crippen MR) is 35.1 cm³/mol. The fourth-order valence-electron chi connectivity index (χ4n) is 0.639. The Balaban J connectivity index is 0.000001000. The van der Waals surface area contributed by atoms with Crippen molar-refractivity contribution in [2.45, 2.75) is 0 Å². The smallest absolute Gasteiger partial charge is 0.335 e. The molecule has 0 fully saturated rings. The predicted octanol–water partition coefficient (Wildman–Crippen LogP) is 1.09. The maximum absolute atomic E-state index is 10.2. The van der Waals surface area contributed by atoms with E-state index in [9.17, 15) is 4.79 Å². The van der Waals surface area contributed by atoms with Crippen LogP contribution in [-0.4, -0.2) is 16.2 Å². The van der Waals surface area contributed by atoms with Crippen molar-refractivity contribution in [1.29, 1.82) is 0 Å². The average Bonchev–Trinajstić information content (AvgIpc) is 1.88. The summed E-state index contributed by atoms with van der Waals surface area (Å²) < 4.78 is 0. The van der Waals surface area contributed by atoms with E-state index in [1.165, 1.54) is 24.3 Å². The van der Waals surface area contributed by atoms with Crippen LogP contribution in [0.1, 0.15) is 10.4 Å². The van der Waals surface area contributed by atoms with Gasteiger partial charge < -0.3 is 10.2 Å². The van der Waals surface area contributed by atoms with Gasteiger partial charge in [-0.3, -0.25) is 0 Å². The molecular weight excluding hydrogens is 221 g/mol. The molecule has 0 amide bonds. The molecule has 1 aromatic rings. The average molecular weight is 227 g/mol. The van der Waals surface area contributed by atoms with Crippen molar-refractivity contribution in [2.24, 2.45) is 0 Å². The van der Waals surface area contributed by atoms with Crippen LogP contribution in [0.3, 0.4) is 0 Å². The molecule has 3 nitrogen and oxygen atoms in total. The van der Waals surface area contributed by atoms with Crippen LogP contribution in [0.25, 0.3) is 0 Å². The fourth-order valence-corrected chi connectivity index (χ4v) is 0.639. The molecule has 0 unspecified atom stereocenters. The number of carboxylic acid groups (broad SMARTS) is 1. The van der Waals surface area contributed by atoms with Gasteiger partial charge in [0.25, 0.3) is 0 Å². The Morgan fingerprint density at radius 2 is 2.00 bits per heavy atom. The van der Waals surface area contributed by atoms with Crippen molar-refractivity contribution in [3.05, 3.63) is 29.8 Å². The van der Waals surface area contributed by atoms with Crippen molar-refractivity contribution in [2.75, 3.05) is 0 Å². The van der Waals surface area contributed by atoms with Crippen molar-refractivity contribution in [3.8, 4) is 5.75 Å². The zero-order valence-electron chi connectivity index (χ0n) is 5.69. The Morgan fingerprint density at radius 1 is 1.36 bits per heavy atom. The third-order valence-electron chi connectivity index (χ3n) is 1.09. The van der Waals surface area contributed by atoms with Gasteiger partial charge in [-0.1, -0.05) is 6.07 Å². The van der Waals surface area contributed by atoms with Gasteiger partial charge in [0.05, 0.1) is 5.56 Å². The summed E-state index contributed by atoms with van der Waals surface area (Å²) in [6.07, 6.45) is 0. The van der Waals surface area contributed by atoms with Crippen LogP contribution in [0.4, 0.5) is 0 Å². The van der Waals surface area contributed by atoms with Gasteiger partial charge in [0.1, 0.15) is 5.75 Å². The van der Waals surface area contributed by atoms with Crippen LogP contribution >= 0.6 is 0 Å². The van der Waals surface area contributed by atoms with E-state index in [1.807, 2.05) is 0 Å². The molecule has 0 aliphatic carbocycles. The minimum Gasteiger partial charge on any atom is -0.508 e. The first-order valence-corrected chi connectivity index (χ1v) is 2.72. The summed E-state index contributed by atoms with van der Waals surface area (Å²) in [7, 11) is 0. The summed E-state index contributed by atoms with van der Waals surface area (Å²) >= 11 is 0. The summed E-state index contributed by atoms with van der Waals surface area (Å²) in [6.45, 7) is 0. The van der Waals surface area contributed by atoms with E-state index in [-0.39, 0.29) is 44.0 Å². The van der Waals surface area contributed by atoms with Gasteiger partial charge in [-0.25, -0.2) is 4.79 Å². The molecule has 11 heavy (non-hydrogen) atoms. The number of carboxylic acids is 1. The molecule has 0 atom stereocenters. The van der Waals surface area contributed by atoms with E-state index in [0.717, 1.165) is 0 Å². The molecule has 4 heteroatoms. The first-order valence-electron chi connectivity index (χ1n) is 2.72. The van der Waals surface area contributed by atoms with E-state index >= 15 is 0 Å². The number of hydrogen-bond acceptors (Lipinski definition) is 2. The molecule has 2 N–H and O–H groups in total. The zero-order chi connectivity index (χ0) is 7.56. The number of phenolic OH excluding ortho intramolecular Hbond substituents is 1. The third-order valence-corrected chi connectivity index (χ3v) is 1.09. The Bertz CT molecular complexity index is 260. The fraction of sp³-hybridized carbons (Fsp3) is 0. The second-order valence-corrected chi connectivity index (χ2v) is 1.86. The maximum atomic E-state index is 10.2. The quantitative estimate of drug-likeness (QED) is 0.754. The summed E-state index contributed by atoms with van der Waals surface area (Å²) in [5.74, 6) is -1.06. The van der Waals surface area contributed by atoms with Crippen LogP contribution in [0.2, 0.25) is 0 Å². The first kappa shape index (κ1) is 10.6. The molecule has 1 radical (unpaired) electrons. The molecule has 0 aliphatic rings. The number of aromatic carboxylic acids is 1. The molecule has 0 saturated carbocycles. The second-order valence-electron chi connectivity index (χ2n) is 1.86. The molecule has 0 spiro atoms. The second kappa shape index (κ2) is 4.47. The number of phenols is 1. The molecule has 0 bridgehead atoms. The summed E-state index contributed by atoms with van der Waals surface area (Å²) in [4.78, 5) is 10.2. The Labute approximate surface area is 88.9 Å². The molecule has 1 rings (SSSR count). The molecule has 1 aromatic carbocycles. The molecule has 0 heterocycles. The summed E-state index contributed by atoms with van der Waals surface area (Å²) in [6, 6.07) is 5.52. The Kier molecular flexibility index (Phi) is 4.30.